The fourth-order valence-electron chi connectivity index (χ4n) is 2.39. The van der Waals surface area contributed by atoms with Gasteiger partial charge in [-0.15, -0.1) is 0 Å². The van der Waals surface area contributed by atoms with Crippen LogP contribution in [0.15, 0.2) is 54.9 Å². The van der Waals surface area contributed by atoms with Crippen molar-refractivity contribution >= 4 is 50.0 Å². The molecule has 0 unspecified atom stereocenters. The van der Waals surface area contributed by atoms with Gasteiger partial charge >= 0.3 is 11.4 Å². The highest BCUT2D eigenvalue weighted by molar-refractivity contribution is 9.10. The van der Waals surface area contributed by atoms with Crippen LogP contribution in [0.5, 0.6) is 5.75 Å². The maximum Gasteiger partial charge on any atom is 0.422 e. The lowest BCUT2D eigenvalue weighted by atomic mass is 10.2. The summed E-state index contributed by atoms with van der Waals surface area (Å²) in [5, 5.41) is 1.22. The molecular formula is C17H12BrCl2NO4. The Labute approximate surface area is 160 Å². The summed E-state index contributed by atoms with van der Waals surface area (Å²) in [5.41, 5.74) is -0.122. The van der Waals surface area contributed by atoms with Crippen molar-refractivity contribution < 1.29 is 9.15 Å². The number of aromatic nitrogens is 1. The summed E-state index contributed by atoms with van der Waals surface area (Å²) in [6.07, 6.45) is 0.541. The Morgan fingerprint density at radius 1 is 1.08 bits per heavy atom. The average Bonchev–Trinajstić information content (AvgIpc) is 2.57. The Kier molecular flexibility index (Phi) is 5.51. The molecule has 0 fully saturated rings. The number of hydrogen-bond donors (Lipinski definition) is 0. The Morgan fingerprint density at radius 2 is 1.88 bits per heavy atom. The lowest BCUT2D eigenvalue weighted by Crippen LogP contribution is -2.25. The van der Waals surface area contributed by atoms with Crippen LogP contribution in [0.3, 0.4) is 0 Å². The third kappa shape index (κ3) is 4.08. The van der Waals surface area contributed by atoms with E-state index in [1.807, 2.05) is 0 Å². The number of rotatable bonds is 5. The lowest BCUT2D eigenvalue weighted by molar-refractivity contribution is 0.296. The van der Waals surface area contributed by atoms with Gasteiger partial charge in [0.05, 0.1) is 27.6 Å². The van der Waals surface area contributed by atoms with E-state index in [9.17, 15) is 9.59 Å². The first kappa shape index (κ1) is 18.0. The van der Waals surface area contributed by atoms with Crippen molar-refractivity contribution in [2.75, 3.05) is 6.61 Å². The van der Waals surface area contributed by atoms with Gasteiger partial charge in [0.2, 0.25) is 0 Å². The van der Waals surface area contributed by atoms with Gasteiger partial charge in [0.15, 0.2) is 0 Å². The van der Waals surface area contributed by atoms with Gasteiger partial charge in [-0.3, -0.25) is 4.57 Å². The van der Waals surface area contributed by atoms with Crippen LogP contribution in [0, 0.1) is 0 Å². The molecule has 0 spiro atoms. The molecule has 5 nitrogen and oxygen atoms in total. The normalized spacial score (nSPS) is 11.0. The molecule has 25 heavy (non-hydrogen) atoms. The van der Waals surface area contributed by atoms with E-state index in [2.05, 4.69) is 15.9 Å². The van der Waals surface area contributed by atoms with Gasteiger partial charge in [-0.05, 0) is 36.8 Å². The van der Waals surface area contributed by atoms with Crippen LogP contribution >= 0.6 is 39.1 Å². The maximum atomic E-state index is 12.0. The lowest BCUT2D eigenvalue weighted by Gasteiger charge is -2.10. The molecule has 3 rings (SSSR count). The molecular weight excluding hydrogens is 433 g/mol. The minimum atomic E-state index is -0.686. The van der Waals surface area contributed by atoms with E-state index < -0.39 is 11.4 Å². The zero-order valence-corrected chi connectivity index (χ0v) is 15.9. The van der Waals surface area contributed by atoms with Crippen molar-refractivity contribution in [1.29, 1.82) is 0 Å². The predicted molar refractivity (Wildman–Crippen MR) is 101 cm³/mol. The molecule has 0 saturated carbocycles. The molecule has 0 aliphatic rings. The van der Waals surface area contributed by atoms with Crippen molar-refractivity contribution in [1.82, 2.24) is 4.57 Å². The number of aryl methyl sites for hydroxylation is 1. The summed E-state index contributed by atoms with van der Waals surface area (Å²) >= 11 is 15.1. The van der Waals surface area contributed by atoms with E-state index >= 15 is 0 Å². The fraction of sp³-hybridized carbons (Fsp3) is 0.176. The molecule has 0 saturated heterocycles. The highest BCUT2D eigenvalue weighted by atomic mass is 79.9. The molecule has 1 aromatic heterocycles. The molecule has 2 aromatic carbocycles. The van der Waals surface area contributed by atoms with Gasteiger partial charge < -0.3 is 9.15 Å². The van der Waals surface area contributed by atoms with E-state index in [0.717, 1.165) is 4.47 Å². The summed E-state index contributed by atoms with van der Waals surface area (Å²) < 4.78 is 12.5. The average molecular weight is 445 g/mol. The van der Waals surface area contributed by atoms with Gasteiger partial charge in [-0.2, -0.15) is 0 Å². The summed E-state index contributed by atoms with van der Waals surface area (Å²) in [6, 6.07) is 10.1. The summed E-state index contributed by atoms with van der Waals surface area (Å²) in [6.45, 7) is 0.712. The number of nitrogens with zero attached hydrogens (tertiary/aromatic N) is 1. The Hall–Kier alpha value is -1.76. The van der Waals surface area contributed by atoms with Crippen molar-refractivity contribution in [3.8, 4) is 5.75 Å². The first-order chi connectivity index (χ1) is 12.0. The molecule has 0 aliphatic carbocycles. The molecule has 0 N–H and O–H groups in total. The van der Waals surface area contributed by atoms with Gasteiger partial charge in [-0.1, -0.05) is 39.1 Å². The monoisotopic (exact) mass is 443 g/mol. The van der Waals surface area contributed by atoms with Gasteiger partial charge in [0.25, 0.3) is 0 Å². The molecule has 8 heteroatoms. The number of fused-ring (bicyclic) bond motifs is 1. The first-order valence-electron chi connectivity index (χ1n) is 7.37. The van der Waals surface area contributed by atoms with Crippen molar-refractivity contribution in [2.24, 2.45) is 0 Å². The zero-order valence-electron chi connectivity index (χ0n) is 12.8. The van der Waals surface area contributed by atoms with Gasteiger partial charge in [0.1, 0.15) is 5.75 Å². The van der Waals surface area contributed by atoms with E-state index in [1.54, 1.807) is 36.4 Å². The predicted octanol–water partition coefficient (Wildman–Crippen LogP) is 4.49. The summed E-state index contributed by atoms with van der Waals surface area (Å²) in [4.78, 5) is 23.8. The standard InChI is InChI=1S/C17H12BrCl2NO4/c18-10-2-5-15-12(8-10)16(22)25-17(23)21(15)6-1-7-24-11-3-4-13(19)14(20)9-11/h2-5,8-9H,1,6-7H2. The van der Waals surface area contributed by atoms with E-state index in [4.69, 9.17) is 32.4 Å². The quantitative estimate of drug-likeness (QED) is 0.544. The SMILES string of the molecule is O=c1oc(=O)n(CCCOc2ccc(Cl)c(Cl)c2)c2ccc(Br)cc12. The van der Waals surface area contributed by atoms with Gasteiger partial charge in [-0.25, -0.2) is 9.59 Å². The molecule has 0 bridgehead atoms. The summed E-state index contributed by atoms with van der Waals surface area (Å²) in [5.74, 6) is -0.0931. The van der Waals surface area contributed by atoms with Crippen LogP contribution in [0.2, 0.25) is 10.0 Å². The van der Waals surface area contributed by atoms with Crippen LogP contribution in [-0.4, -0.2) is 11.2 Å². The minimum Gasteiger partial charge on any atom is -0.493 e. The molecule has 130 valence electrons. The molecule has 1 heterocycles. The van der Waals surface area contributed by atoms with E-state index in [1.165, 1.54) is 4.57 Å². The number of benzene rings is 2. The second kappa shape index (κ2) is 7.64. The van der Waals surface area contributed by atoms with Crippen LogP contribution < -0.4 is 16.1 Å². The Balaban J connectivity index is 1.74. The van der Waals surface area contributed by atoms with Crippen molar-refractivity contribution in [2.45, 2.75) is 13.0 Å². The molecule has 0 amide bonds. The van der Waals surface area contributed by atoms with Crippen LogP contribution in [0.25, 0.3) is 10.9 Å². The number of hydrogen-bond acceptors (Lipinski definition) is 4. The number of halogens is 3. The Morgan fingerprint density at radius 3 is 2.64 bits per heavy atom. The molecule has 0 radical (unpaired) electrons. The zero-order chi connectivity index (χ0) is 18.0. The van der Waals surface area contributed by atoms with Crippen LogP contribution in [0.4, 0.5) is 0 Å². The third-order valence-electron chi connectivity index (χ3n) is 3.56. The van der Waals surface area contributed by atoms with Gasteiger partial charge in [0, 0.05) is 17.1 Å². The molecule has 3 aromatic rings. The second-order valence-electron chi connectivity index (χ2n) is 5.25. The Bertz CT molecular complexity index is 1040. The van der Waals surface area contributed by atoms with Crippen molar-refractivity contribution in [3.05, 3.63) is 71.9 Å². The second-order valence-corrected chi connectivity index (χ2v) is 6.98. The maximum absolute atomic E-state index is 12.0. The minimum absolute atomic E-state index is 0.347. The van der Waals surface area contributed by atoms with Crippen molar-refractivity contribution in [3.63, 3.8) is 0 Å². The highest BCUT2D eigenvalue weighted by Gasteiger charge is 2.10. The fourth-order valence-corrected chi connectivity index (χ4v) is 3.04. The summed E-state index contributed by atoms with van der Waals surface area (Å²) in [7, 11) is 0. The van der Waals surface area contributed by atoms with E-state index in [0.29, 0.717) is 46.3 Å². The highest BCUT2D eigenvalue weighted by Crippen LogP contribution is 2.26. The third-order valence-corrected chi connectivity index (χ3v) is 4.79. The number of ether oxygens (including phenoxy) is 1. The van der Waals surface area contributed by atoms with Crippen LogP contribution in [0.1, 0.15) is 6.42 Å². The topological polar surface area (TPSA) is 61.4 Å². The molecule has 0 atom stereocenters. The first-order valence-corrected chi connectivity index (χ1v) is 8.91. The molecule has 0 aliphatic heterocycles. The van der Waals surface area contributed by atoms with E-state index in [-0.39, 0.29) is 0 Å². The smallest absolute Gasteiger partial charge is 0.422 e. The largest absolute Gasteiger partial charge is 0.493 e. The van der Waals surface area contributed by atoms with Crippen LogP contribution in [-0.2, 0) is 6.54 Å².